The standard InChI is InChI=1S/C10H12BrClO/c1-8(6-11)7-13-10-5-3-2-4-9(10)12/h2-5,8H,6-7H2,1H3. The normalized spacial score (nSPS) is 12.5. The first-order valence-corrected chi connectivity index (χ1v) is 5.67. The molecule has 0 radical (unpaired) electrons. The van der Waals surface area contributed by atoms with E-state index in [1.54, 1.807) is 0 Å². The van der Waals surface area contributed by atoms with Crippen molar-refractivity contribution in [1.82, 2.24) is 0 Å². The SMILES string of the molecule is CC(CBr)COc1ccccc1Cl. The van der Waals surface area contributed by atoms with E-state index in [-0.39, 0.29) is 0 Å². The van der Waals surface area contributed by atoms with Gasteiger partial charge in [0.15, 0.2) is 0 Å². The predicted molar refractivity (Wildman–Crippen MR) is 59.9 cm³/mol. The lowest BCUT2D eigenvalue weighted by Gasteiger charge is -2.10. The maximum atomic E-state index is 5.91. The molecule has 1 unspecified atom stereocenters. The zero-order chi connectivity index (χ0) is 9.68. The highest BCUT2D eigenvalue weighted by atomic mass is 79.9. The van der Waals surface area contributed by atoms with E-state index in [0.717, 1.165) is 11.1 Å². The van der Waals surface area contributed by atoms with Crippen molar-refractivity contribution in [1.29, 1.82) is 0 Å². The zero-order valence-corrected chi connectivity index (χ0v) is 9.81. The molecule has 0 saturated carbocycles. The minimum atomic E-state index is 0.497. The van der Waals surface area contributed by atoms with Crippen molar-refractivity contribution < 1.29 is 4.74 Å². The van der Waals surface area contributed by atoms with Crippen LogP contribution in [0.25, 0.3) is 0 Å². The Labute approximate surface area is 92.2 Å². The Morgan fingerprint density at radius 1 is 1.46 bits per heavy atom. The van der Waals surface area contributed by atoms with Gasteiger partial charge in [-0.25, -0.2) is 0 Å². The second-order valence-electron chi connectivity index (χ2n) is 3.00. The number of ether oxygens (including phenoxy) is 1. The van der Waals surface area contributed by atoms with Crippen LogP contribution >= 0.6 is 27.5 Å². The fourth-order valence-corrected chi connectivity index (χ4v) is 1.22. The van der Waals surface area contributed by atoms with Crippen LogP contribution in [0.3, 0.4) is 0 Å². The quantitative estimate of drug-likeness (QED) is 0.752. The van der Waals surface area contributed by atoms with Crippen LogP contribution in [0.15, 0.2) is 24.3 Å². The summed E-state index contributed by atoms with van der Waals surface area (Å²) in [6.07, 6.45) is 0. The molecule has 1 atom stereocenters. The van der Waals surface area contributed by atoms with Crippen molar-refractivity contribution in [2.24, 2.45) is 5.92 Å². The van der Waals surface area contributed by atoms with E-state index < -0.39 is 0 Å². The third-order valence-electron chi connectivity index (χ3n) is 1.62. The van der Waals surface area contributed by atoms with Crippen LogP contribution in [-0.4, -0.2) is 11.9 Å². The Balaban J connectivity index is 2.50. The first-order valence-electron chi connectivity index (χ1n) is 4.17. The van der Waals surface area contributed by atoms with Crippen molar-refractivity contribution in [2.45, 2.75) is 6.92 Å². The summed E-state index contributed by atoms with van der Waals surface area (Å²) in [7, 11) is 0. The zero-order valence-electron chi connectivity index (χ0n) is 7.47. The number of hydrogen-bond acceptors (Lipinski definition) is 1. The Hall–Kier alpha value is -0.210. The molecule has 0 fully saturated rings. The molecule has 1 aromatic carbocycles. The molecule has 0 bridgehead atoms. The molecule has 0 amide bonds. The highest BCUT2D eigenvalue weighted by molar-refractivity contribution is 9.09. The van der Waals surface area contributed by atoms with E-state index in [1.807, 2.05) is 24.3 Å². The van der Waals surface area contributed by atoms with E-state index in [1.165, 1.54) is 0 Å². The van der Waals surface area contributed by atoms with Gasteiger partial charge in [-0.1, -0.05) is 46.6 Å². The molecule has 1 aromatic rings. The van der Waals surface area contributed by atoms with Crippen LogP contribution in [0.4, 0.5) is 0 Å². The first kappa shape index (κ1) is 10.9. The molecule has 13 heavy (non-hydrogen) atoms. The minimum Gasteiger partial charge on any atom is -0.492 e. The molecule has 0 aromatic heterocycles. The average molecular weight is 264 g/mol. The van der Waals surface area contributed by atoms with Crippen molar-refractivity contribution in [3.05, 3.63) is 29.3 Å². The number of rotatable bonds is 4. The second kappa shape index (κ2) is 5.51. The third kappa shape index (κ3) is 3.57. The summed E-state index contributed by atoms with van der Waals surface area (Å²) in [5.74, 6) is 1.26. The van der Waals surface area contributed by atoms with E-state index in [9.17, 15) is 0 Å². The van der Waals surface area contributed by atoms with Crippen LogP contribution in [-0.2, 0) is 0 Å². The second-order valence-corrected chi connectivity index (χ2v) is 4.06. The fraction of sp³-hybridized carbons (Fsp3) is 0.400. The molecule has 1 nitrogen and oxygen atoms in total. The molecule has 3 heteroatoms. The number of para-hydroxylation sites is 1. The van der Waals surface area contributed by atoms with E-state index >= 15 is 0 Å². The summed E-state index contributed by atoms with van der Waals surface area (Å²) in [4.78, 5) is 0. The smallest absolute Gasteiger partial charge is 0.137 e. The van der Waals surface area contributed by atoms with Gasteiger partial charge in [-0.05, 0) is 18.1 Å². The van der Waals surface area contributed by atoms with Crippen LogP contribution < -0.4 is 4.74 Å². The number of hydrogen-bond donors (Lipinski definition) is 0. The van der Waals surface area contributed by atoms with Crippen molar-refractivity contribution in [3.63, 3.8) is 0 Å². The molecule has 72 valence electrons. The number of alkyl halides is 1. The maximum absolute atomic E-state index is 5.91. The Morgan fingerprint density at radius 3 is 2.77 bits per heavy atom. The molecule has 0 saturated heterocycles. The highest BCUT2D eigenvalue weighted by Gasteiger charge is 2.03. The van der Waals surface area contributed by atoms with Gasteiger partial charge in [0.05, 0.1) is 11.6 Å². The van der Waals surface area contributed by atoms with Crippen LogP contribution in [0.5, 0.6) is 5.75 Å². The lowest BCUT2D eigenvalue weighted by molar-refractivity contribution is 0.274. The Bertz CT molecular complexity index is 265. The van der Waals surface area contributed by atoms with Crippen molar-refractivity contribution in [2.75, 3.05) is 11.9 Å². The summed E-state index contributed by atoms with van der Waals surface area (Å²) in [5, 5.41) is 1.61. The maximum Gasteiger partial charge on any atom is 0.137 e. The Morgan fingerprint density at radius 2 is 2.15 bits per heavy atom. The molecule has 1 rings (SSSR count). The van der Waals surface area contributed by atoms with Crippen molar-refractivity contribution >= 4 is 27.5 Å². The van der Waals surface area contributed by atoms with Gasteiger partial charge in [0.1, 0.15) is 5.75 Å². The highest BCUT2D eigenvalue weighted by Crippen LogP contribution is 2.23. The largest absolute Gasteiger partial charge is 0.492 e. The van der Waals surface area contributed by atoms with Gasteiger partial charge < -0.3 is 4.74 Å². The van der Waals surface area contributed by atoms with Gasteiger partial charge in [0.2, 0.25) is 0 Å². The molecule has 0 aliphatic heterocycles. The molecular formula is C10H12BrClO. The topological polar surface area (TPSA) is 9.23 Å². The molecule has 0 N–H and O–H groups in total. The predicted octanol–water partition coefficient (Wildman–Crippen LogP) is 3.75. The lowest BCUT2D eigenvalue weighted by Crippen LogP contribution is -2.09. The number of benzene rings is 1. The number of halogens is 2. The van der Waals surface area contributed by atoms with Crippen LogP contribution in [0.1, 0.15) is 6.92 Å². The monoisotopic (exact) mass is 262 g/mol. The average Bonchev–Trinajstić information content (AvgIpc) is 2.16. The van der Waals surface area contributed by atoms with Gasteiger partial charge in [-0.3, -0.25) is 0 Å². The first-order chi connectivity index (χ1) is 6.24. The Kier molecular flexibility index (Phi) is 4.60. The summed E-state index contributed by atoms with van der Waals surface area (Å²) in [6, 6.07) is 7.52. The van der Waals surface area contributed by atoms with Gasteiger partial charge in [-0.2, -0.15) is 0 Å². The van der Waals surface area contributed by atoms with Gasteiger partial charge >= 0.3 is 0 Å². The van der Waals surface area contributed by atoms with Gasteiger partial charge in [-0.15, -0.1) is 0 Å². The van der Waals surface area contributed by atoms with E-state index in [4.69, 9.17) is 16.3 Å². The third-order valence-corrected chi connectivity index (χ3v) is 3.04. The minimum absolute atomic E-state index is 0.497. The summed E-state index contributed by atoms with van der Waals surface area (Å²) in [6.45, 7) is 2.81. The summed E-state index contributed by atoms with van der Waals surface area (Å²) < 4.78 is 5.53. The lowest BCUT2D eigenvalue weighted by atomic mass is 10.2. The molecule has 0 spiro atoms. The van der Waals surface area contributed by atoms with Gasteiger partial charge in [0.25, 0.3) is 0 Å². The summed E-state index contributed by atoms with van der Waals surface area (Å²) in [5.41, 5.74) is 0. The molecular weight excluding hydrogens is 251 g/mol. The molecule has 0 heterocycles. The van der Waals surface area contributed by atoms with Crippen LogP contribution in [0, 0.1) is 5.92 Å². The molecule has 0 aliphatic carbocycles. The van der Waals surface area contributed by atoms with Crippen molar-refractivity contribution in [3.8, 4) is 5.75 Å². The molecule has 0 aliphatic rings. The van der Waals surface area contributed by atoms with E-state index in [0.29, 0.717) is 17.5 Å². The van der Waals surface area contributed by atoms with Gasteiger partial charge in [0, 0.05) is 5.33 Å². The van der Waals surface area contributed by atoms with E-state index in [2.05, 4.69) is 22.9 Å². The summed E-state index contributed by atoms with van der Waals surface area (Å²) >= 11 is 9.31. The van der Waals surface area contributed by atoms with Crippen LogP contribution in [0.2, 0.25) is 5.02 Å². The fourth-order valence-electron chi connectivity index (χ4n) is 0.838.